The summed E-state index contributed by atoms with van der Waals surface area (Å²) >= 11 is 5.86. The molecule has 0 aliphatic rings. The maximum Gasteiger partial charge on any atom is 0.240 e. The van der Waals surface area contributed by atoms with E-state index in [1.165, 1.54) is 0 Å². The summed E-state index contributed by atoms with van der Waals surface area (Å²) in [6, 6.07) is 7.25. The summed E-state index contributed by atoms with van der Waals surface area (Å²) in [6.07, 6.45) is 2.58. The first-order valence-corrected chi connectivity index (χ1v) is 7.02. The number of benzene rings is 1. The number of hydrogen-bond donors (Lipinski definition) is 2. The Balaban J connectivity index is 1.83. The number of carbonyl (C=O) groups is 1. The summed E-state index contributed by atoms with van der Waals surface area (Å²) < 4.78 is 0. The van der Waals surface area contributed by atoms with Gasteiger partial charge in [0.25, 0.3) is 0 Å². The van der Waals surface area contributed by atoms with Crippen LogP contribution in [0.3, 0.4) is 0 Å². The Morgan fingerprint density at radius 2 is 2.29 bits per heavy atom. The molecule has 0 spiro atoms. The smallest absolute Gasteiger partial charge is 0.240 e. The highest BCUT2D eigenvalue weighted by atomic mass is 35.5. The molecule has 2 N–H and O–H groups in total. The Morgan fingerprint density at radius 3 is 2.95 bits per heavy atom. The fourth-order valence-electron chi connectivity index (χ4n) is 2.00. The first-order valence-electron chi connectivity index (χ1n) is 6.64. The molecule has 1 heterocycles. The minimum Gasteiger partial charge on any atom is -0.282 e. The van der Waals surface area contributed by atoms with Gasteiger partial charge in [0.15, 0.2) is 0 Å². The highest BCUT2D eigenvalue weighted by Gasteiger charge is 2.08. The normalized spacial score (nSPS) is 11.0. The zero-order chi connectivity index (χ0) is 15.2. The molecule has 1 aromatic heterocycles. The van der Waals surface area contributed by atoms with Gasteiger partial charge >= 0.3 is 0 Å². The average molecular weight is 305 g/mol. The third kappa shape index (κ3) is 4.43. The molecule has 110 valence electrons. The summed E-state index contributed by atoms with van der Waals surface area (Å²) in [5, 5.41) is 11.6. The molecule has 0 aliphatic carbocycles. The van der Waals surface area contributed by atoms with Crippen LogP contribution in [-0.2, 0) is 11.2 Å². The molecule has 0 fully saturated rings. The van der Waals surface area contributed by atoms with E-state index in [9.17, 15) is 4.79 Å². The van der Waals surface area contributed by atoms with Gasteiger partial charge in [0.2, 0.25) is 5.91 Å². The summed E-state index contributed by atoms with van der Waals surface area (Å²) in [4.78, 5) is 11.7. The molecule has 0 saturated heterocycles. The van der Waals surface area contributed by atoms with E-state index in [1.54, 1.807) is 18.3 Å². The number of nitrogens with one attached hydrogen (secondary N) is 2. The molecule has 0 unspecified atom stereocenters. The summed E-state index contributed by atoms with van der Waals surface area (Å²) in [7, 11) is 0. The fraction of sp³-hybridized carbons (Fsp3) is 0.267. The van der Waals surface area contributed by atoms with E-state index in [0.29, 0.717) is 17.9 Å². The number of aromatic amines is 1. The van der Waals surface area contributed by atoms with Crippen LogP contribution >= 0.6 is 11.6 Å². The van der Waals surface area contributed by atoms with Gasteiger partial charge < -0.3 is 0 Å². The lowest BCUT2D eigenvalue weighted by molar-refractivity contribution is -0.121. The van der Waals surface area contributed by atoms with Gasteiger partial charge in [0.1, 0.15) is 0 Å². The maximum atomic E-state index is 11.7. The first kappa shape index (κ1) is 15.3. The van der Waals surface area contributed by atoms with Crippen molar-refractivity contribution in [2.45, 2.75) is 26.7 Å². The Bertz CT molecular complexity index is 644. The van der Waals surface area contributed by atoms with Crippen LogP contribution in [0.15, 0.2) is 29.4 Å². The van der Waals surface area contributed by atoms with Crippen molar-refractivity contribution in [3.05, 3.63) is 51.8 Å². The maximum absolute atomic E-state index is 11.7. The van der Waals surface area contributed by atoms with Crippen LogP contribution in [0.1, 0.15) is 28.9 Å². The SMILES string of the molecule is Cc1n[nH]c(C)c1CCC(=O)N/N=C/c1cccc(Cl)c1. The van der Waals surface area contributed by atoms with E-state index < -0.39 is 0 Å². The molecular formula is C15H17ClN4O. The van der Waals surface area contributed by atoms with Crippen molar-refractivity contribution in [2.24, 2.45) is 5.10 Å². The predicted octanol–water partition coefficient (Wildman–Crippen LogP) is 2.76. The standard InChI is InChI=1S/C15H17ClN4O/c1-10-14(11(2)19-18-10)6-7-15(21)20-17-9-12-4-3-5-13(16)8-12/h3-5,8-9H,6-7H2,1-2H3,(H,18,19)(H,20,21)/b17-9+. The minimum absolute atomic E-state index is 0.131. The zero-order valence-electron chi connectivity index (χ0n) is 12.0. The quantitative estimate of drug-likeness (QED) is 0.658. The molecule has 0 saturated carbocycles. The second kappa shape index (κ2) is 7.04. The Kier molecular flexibility index (Phi) is 5.11. The number of carbonyl (C=O) groups excluding carboxylic acids is 1. The highest BCUT2D eigenvalue weighted by Crippen LogP contribution is 2.11. The van der Waals surface area contributed by atoms with Crippen LogP contribution in [0.2, 0.25) is 5.02 Å². The van der Waals surface area contributed by atoms with Crippen molar-refractivity contribution in [1.82, 2.24) is 15.6 Å². The van der Waals surface area contributed by atoms with Gasteiger partial charge in [-0.1, -0.05) is 23.7 Å². The van der Waals surface area contributed by atoms with Gasteiger partial charge in [0.05, 0.1) is 11.9 Å². The van der Waals surface area contributed by atoms with E-state index in [1.807, 2.05) is 26.0 Å². The second-order valence-electron chi connectivity index (χ2n) is 4.76. The lowest BCUT2D eigenvalue weighted by Gasteiger charge is -2.01. The molecule has 21 heavy (non-hydrogen) atoms. The largest absolute Gasteiger partial charge is 0.282 e. The Morgan fingerprint density at radius 1 is 1.48 bits per heavy atom. The number of hydrazone groups is 1. The molecule has 0 radical (unpaired) electrons. The van der Waals surface area contributed by atoms with Crippen molar-refractivity contribution in [3.8, 4) is 0 Å². The van der Waals surface area contributed by atoms with Gasteiger partial charge in [-0.05, 0) is 43.5 Å². The number of halogens is 1. The van der Waals surface area contributed by atoms with Gasteiger partial charge in [-0.2, -0.15) is 10.2 Å². The van der Waals surface area contributed by atoms with Crippen molar-refractivity contribution in [3.63, 3.8) is 0 Å². The molecule has 2 aromatic rings. The van der Waals surface area contributed by atoms with Crippen LogP contribution < -0.4 is 5.43 Å². The van der Waals surface area contributed by atoms with Crippen molar-refractivity contribution < 1.29 is 4.79 Å². The fourth-order valence-corrected chi connectivity index (χ4v) is 2.20. The van der Waals surface area contributed by atoms with Gasteiger partial charge in [-0.15, -0.1) is 0 Å². The lowest BCUT2D eigenvalue weighted by atomic mass is 10.1. The van der Waals surface area contributed by atoms with Crippen molar-refractivity contribution in [2.75, 3.05) is 0 Å². The van der Waals surface area contributed by atoms with Gasteiger partial charge in [-0.25, -0.2) is 5.43 Å². The Hall–Kier alpha value is -2.14. The number of H-pyrrole nitrogens is 1. The molecular weight excluding hydrogens is 288 g/mol. The molecule has 0 aliphatic heterocycles. The topological polar surface area (TPSA) is 70.1 Å². The summed E-state index contributed by atoms with van der Waals surface area (Å²) in [6.45, 7) is 3.87. The zero-order valence-corrected chi connectivity index (χ0v) is 12.7. The molecule has 2 rings (SSSR count). The third-order valence-corrected chi connectivity index (χ3v) is 3.37. The van der Waals surface area contributed by atoms with Crippen LogP contribution in [0, 0.1) is 13.8 Å². The lowest BCUT2D eigenvalue weighted by Crippen LogP contribution is -2.18. The predicted molar refractivity (Wildman–Crippen MR) is 83.6 cm³/mol. The summed E-state index contributed by atoms with van der Waals surface area (Å²) in [5.74, 6) is -0.131. The molecule has 1 aromatic carbocycles. The Labute approximate surface area is 128 Å². The number of hydrogen-bond acceptors (Lipinski definition) is 3. The van der Waals surface area contributed by atoms with E-state index in [4.69, 9.17) is 11.6 Å². The number of aromatic nitrogens is 2. The third-order valence-electron chi connectivity index (χ3n) is 3.13. The second-order valence-corrected chi connectivity index (χ2v) is 5.20. The summed E-state index contributed by atoms with van der Waals surface area (Å²) in [5.41, 5.74) is 6.37. The van der Waals surface area contributed by atoms with E-state index >= 15 is 0 Å². The highest BCUT2D eigenvalue weighted by molar-refractivity contribution is 6.30. The van der Waals surface area contributed by atoms with Crippen molar-refractivity contribution >= 4 is 23.7 Å². The van der Waals surface area contributed by atoms with Gasteiger partial charge in [0, 0.05) is 17.1 Å². The number of nitrogens with zero attached hydrogens (tertiary/aromatic N) is 2. The molecule has 5 nitrogen and oxygen atoms in total. The number of rotatable bonds is 5. The van der Waals surface area contributed by atoms with Crippen molar-refractivity contribution in [1.29, 1.82) is 0 Å². The van der Waals surface area contributed by atoms with E-state index in [0.717, 1.165) is 22.5 Å². The van der Waals surface area contributed by atoms with Crippen LogP contribution in [0.25, 0.3) is 0 Å². The number of amides is 1. The molecule has 6 heteroatoms. The molecule has 0 atom stereocenters. The van der Waals surface area contributed by atoms with E-state index in [2.05, 4.69) is 20.7 Å². The first-order chi connectivity index (χ1) is 10.1. The monoisotopic (exact) mass is 304 g/mol. The average Bonchev–Trinajstić information content (AvgIpc) is 2.76. The van der Waals surface area contributed by atoms with Crippen LogP contribution in [0.5, 0.6) is 0 Å². The molecule has 0 bridgehead atoms. The van der Waals surface area contributed by atoms with E-state index in [-0.39, 0.29) is 5.91 Å². The minimum atomic E-state index is -0.131. The number of aryl methyl sites for hydroxylation is 2. The van der Waals surface area contributed by atoms with Gasteiger partial charge in [-0.3, -0.25) is 9.89 Å². The molecule has 1 amide bonds. The van der Waals surface area contributed by atoms with Crippen LogP contribution in [0.4, 0.5) is 0 Å². The van der Waals surface area contributed by atoms with Crippen LogP contribution in [-0.4, -0.2) is 22.3 Å².